The number of carbonyl (C=O) groups is 1. The van der Waals surface area contributed by atoms with E-state index in [1.54, 1.807) is 0 Å². The SMILES string of the molecule is Cc1ccc(C2=CC3CCCC(C2)N3C(=O)OCC2c3ccccc3-c3ccccc32)nc1. The molecule has 33 heavy (non-hydrogen) atoms. The van der Waals surface area contributed by atoms with Gasteiger partial charge in [0.05, 0.1) is 11.7 Å². The number of fused-ring (bicyclic) bond motifs is 5. The van der Waals surface area contributed by atoms with Crippen LogP contribution in [0, 0.1) is 6.92 Å². The average molecular weight is 437 g/mol. The van der Waals surface area contributed by atoms with Gasteiger partial charge in [-0.15, -0.1) is 0 Å². The quantitative estimate of drug-likeness (QED) is 0.480. The molecular formula is C29H28N2O2. The molecular weight excluding hydrogens is 408 g/mol. The molecule has 4 heteroatoms. The second kappa shape index (κ2) is 8.18. The standard InChI is InChI=1S/C29H28N2O2/c1-19-13-14-28(30-17-19)20-15-21-7-6-8-22(16-20)31(21)29(32)33-18-27-25-11-4-2-9-23(25)24-10-3-5-12-26(24)27/h2-5,9-15,17,21-22,27H,6-8,16,18H2,1H3. The minimum absolute atomic E-state index is 0.0891. The van der Waals surface area contributed by atoms with E-state index < -0.39 is 0 Å². The molecule has 2 unspecified atom stereocenters. The second-order valence-corrected chi connectivity index (χ2v) is 9.48. The lowest BCUT2D eigenvalue weighted by Gasteiger charge is -2.44. The number of aryl methyl sites for hydroxylation is 1. The van der Waals surface area contributed by atoms with E-state index in [1.807, 2.05) is 11.1 Å². The first kappa shape index (κ1) is 20.2. The van der Waals surface area contributed by atoms with Gasteiger partial charge in [-0.2, -0.15) is 0 Å². The summed E-state index contributed by atoms with van der Waals surface area (Å²) in [5.41, 5.74) is 8.45. The number of hydrogen-bond donors (Lipinski definition) is 0. The van der Waals surface area contributed by atoms with Crippen LogP contribution in [0.3, 0.4) is 0 Å². The van der Waals surface area contributed by atoms with Gasteiger partial charge in [-0.3, -0.25) is 9.88 Å². The summed E-state index contributed by atoms with van der Waals surface area (Å²) >= 11 is 0. The van der Waals surface area contributed by atoms with Crippen LogP contribution in [0.25, 0.3) is 16.7 Å². The predicted octanol–water partition coefficient (Wildman–Crippen LogP) is 6.35. The fourth-order valence-corrected chi connectivity index (χ4v) is 5.83. The van der Waals surface area contributed by atoms with Crippen molar-refractivity contribution in [2.45, 2.75) is 50.6 Å². The molecule has 3 aromatic rings. The van der Waals surface area contributed by atoms with Crippen molar-refractivity contribution in [2.24, 2.45) is 0 Å². The minimum atomic E-state index is -0.182. The highest BCUT2D eigenvalue weighted by Gasteiger charge is 2.39. The lowest BCUT2D eigenvalue weighted by Crippen LogP contribution is -2.52. The Morgan fingerprint density at radius 1 is 1.00 bits per heavy atom. The maximum Gasteiger partial charge on any atom is 0.410 e. The summed E-state index contributed by atoms with van der Waals surface area (Å²) in [6.07, 6.45) is 7.97. The lowest BCUT2D eigenvalue weighted by molar-refractivity contribution is 0.0538. The molecule has 0 spiro atoms. The van der Waals surface area contributed by atoms with Crippen LogP contribution in [0.15, 0.2) is 72.9 Å². The Hall–Kier alpha value is -3.40. The van der Waals surface area contributed by atoms with Gasteiger partial charge in [-0.25, -0.2) is 4.79 Å². The van der Waals surface area contributed by atoms with Crippen LogP contribution in [-0.2, 0) is 4.74 Å². The number of rotatable bonds is 3. The van der Waals surface area contributed by atoms with Crippen LogP contribution in [0.5, 0.6) is 0 Å². The number of carbonyl (C=O) groups excluding carboxylic acids is 1. The Kier molecular flexibility index (Phi) is 5.01. The number of ether oxygens (including phenoxy) is 1. The van der Waals surface area contributed by atoms with Gasteiger partial charge < -0.3 is 4.74 Å². The van der Waals surface area contributed by atoms with Crippen molar-refractivity contribution in [1.82, 2.24) is 9.88 Å². The number of amides is 1. The fraction of sp³-hybridized carbons (Fsp3) is 0.310. The first-order chi connectivity index (χ1) is 16.2. The summed E-state index contributed by atoms with van der Waals surface area (Å²) in [5, 5.41) is 0. The average Bonchev–Trinajstić information content (AvgIpc) is 3.16. The monoisotopic (exact) mass is 436 g/mol. The number of pyridine rings is 1. The molecule has 0 radical (unpaired) electrons. The van der Waals surface area contributed by atoms with Crippen LogP contribution in [0.4, 0.5) is 4.79 Å². The molecule has 0 saturated carbocycles. The third-order valence-electron chi connectivity index (χ3n) is 7.42. The predicted molar refractivity (Wildman–Crippen MR) is 130 cm³/mol. The van der Waals surface area contributed by atoms with E-state index in [-0.39, 0.29) is 24.1 Å². The van der Waals surface area contributed by atoms with E-state index in [4.69, 9.17) is 4.74 Å². The minimum Gasteiger partial charge on any atom is -0.448 e. The first-order valence-corrected chi connectivity index (χ1v) is 12.0. The van der Waals surface area contributed by atoms with Gasteiger partial charge in [-0.05, 0) is 72.1 Å². The molecule has 2 bridgehead atoms. The topological polar surface area (TPSA) is 42.4 Å². The maximum atomic E-state index is 13.3. The maximum absolute atomic E-state index is 13.3. The number of nitrogens with zero attached hydrogens (tertiary/aromatic N) is 2. The smallest absolute Gasteiger partial charge is 0.410 e. The molecule has 0 N–H and O–H groups in total. The Balaban J connectivity index is 1.22. The van der Waals surface area contributed by atoms with E-state index in [9.17, 15) is 4.79 Å². The van der Waals surface area contributed by atoms with Gasteiger partial charge in [0.15, 0.2) is 0 Å². The molecule has 166 valence electrons. The third-order valence-corrected chi connectivity index (χ3v) is 7.42. The lowest BCUT2D eigenvalue weighted by atomic mass is 9.84. The Morgan fingerprint density at radius 2 is 1.73 bits per heavy atom. The van der Waals surface area contributed by atoms with Gasteiger partial charge in [0.25, 0.3) is 0 Å². The largest absolute Gasteiger partial charge is 0.448 e. The molecule has 1 fully saturated rings. The fourth-order valence-electron chi connectivity index (χ4n) is 5.83. The van der Waals surface area contributed by atoms with Gasteiger partial charge in [0.2, 0.25) is 0 Å². The van der Waals surface area contributed by atoms with Crippen molar-refractivity contribution in [3.05, 3.63) is 95.3 Å². The summed E-state index contributed by atoms with van der Waals surface area (Å²) < 4.78 is 6.01. The van der Waals surface area contributed by atoms with E-state index in [0.717, 1.165) is 36.9 Å². The molecule has 2 aromatic carbocycles. The zero-order valence-electron chi connectivity index (χ0n) is 18.9. The molecule has 2 atom stereocenters. The molecule has 1 saturated heterocycles. The zero-order valence-corrected chi connectivity index (χ0v) is 18.9. The highest BCUT2D eigenvalue weighted by Crippen LogP contribution is 2.45. The summed E-state index contributed by atoms with van der Waals surface area (Å²) in [4.78, 5) is 20.0. The van der Waals surface area contributed by atoms with E-state index >= 15 is 0 Å². The van der Waals surface area contributed by atoms with E-state index in [0.29, 0.717) is 6.61 Å². The summed E-state index contributed by atoms with van der Waals surface area (Å²) in [6.45, 7) is 2.43. The molecule has 3 aliphatic rings. The molecule has 6 rings (SSSR count). The van der Waals surface area contributed by atoms with Crippen LogP contribution < -0.4 is 0 Å². The number of piperidine rings is 1. The van der Waals surface area contributed by atoms with Crippen LogP contribution in [0.1, 0.15) is 54.0 Å². The first-order valence-electron chi connectivity index (χ1n) is 12.0. The van der Waals surface area contributed by atoms with Crippen molar-refractivity contribution in [3.8, 4) is 11.1 Å². The Bertz CT molecular complexity index is 1180. The Labute approximate surface area is 194 Å². The van der Waals surface area contributed by atoms with Crippen LogP contribution >= 0.6 is 0 Å². The van der Waals surface area contributed by atoms with Crippen molar-refractivity contribution < 1.29 is 9.53 Å². The van der Waals surface area contributed by atoms with E-state index in [2.05, 4.69) is 78.6 Å². The van der Waals surface area contributed by atoms with Gasteiger partial charge in [0.1, 0.15) is 6.61 Å². The number of aromatic nitrogens is 1. The normalized spacial score (nSPS) is 21.2. The highest BCUT2D eigenvalue weighted by molar-refractivity contribution is 5.79. The molecule has 4 nitrogen and oxygen atoms in total. The van der Waals surface area contributed by atoms with Crippen molar-refractivity contribution in [2.75, 3.05) is 6.61 Å². The summed E-state index contributed by atoms with van der Waals surface area (Å²) in [5.74, 6) is 0.0915. The van der Waals surface area contributed by atoms with Crippen LogP contribution in [-0.4, -0.2) is 34.7 Å². The molecule has 1 aliphatic carbocycles. The molecule has 1 aromatic heterocycles. The molecule has 2 aliphatic heterocycles. The molecule has 3 heterocycles. The second-order valence-electron chi connectivity index (χ2n) is 9.48. The van der Waals surface area contributed by atoms with Crippen molar-refractivity contribution >= 4 is 11.7 Å². The zero-order chi connectivity index (χ0) is 22.4. The van der Waals surface area contributed by atoms with Crippen LogP contribution in [0.2, 0.25) is 0 Å². The van der Waals surface area contributed by atoms with Gasteiger partial charge in [-0.1, -0.05) is 60.7 Å². The highest BCUT2D eigenvalue weighted by atomic mass is 16.6. The van der Waals surface area contributed by atoms with Gasteiger partial charge >= 0.3 is 6.09 Å². The van der Waals surface area contributed by atoms with Crippen molar-refractivity contribution in [3.63, 3.8) is 0 Å². The van der Waals surface area contributed by atoms with E-state index in [1.165, 1.54) is 27.8 Å². The summed E-state index contributed by atoms with van der Waals surface area (Å²) in [6, 6.07) is 21.4. The Morgan fingerprint density at radius 3 is 2.39 bits per heavy atom. The number of benzene rings is 2. The number of hydrogen-bond acceptors (Lipinski definition) is 3. The summed E-state index contributed by atoms with van der Waals surface area (Å²) in [7, 11) is 0. The van der Waals surface area contributed by atoms with Gasteiger partial charge in [0, 0.05) is 18.2 Å². The molecule has 1 amide bonds. The van der Waals surface area contributed by atoms with Crippen molar-refractivity contribution in [1.29, 1.82) is 0 Å². The third kappa shape index (κ3) is 3.54.